The van der Waals surface area contributed by atoms with Gasteiger partial charge in [-0.1, -0.05) is 13.8 Å². The molecule has 1 aromatic heterocycles. The Kier molecular flexibility index (Phi) is 4.46. The van der Waals surface area contributed by atoms with E-state index in [4.69, 9.17) is 0 Å². The SMILES string of the molecule is CC(C)Cn1ncc(NC2CC(=O)N(C)C2=O)c(Br)c1=O. The largest absolute Gasteiger partial charge is 0.371 e. The first kappa shape index (κ1) is 15.7. The number of amides is 2. The molecule has 0 radical (unpaired) electrons. The van der Waals surface area contributed by atoms with Crippen LogP contribution in [-0.4, -0.2) is 39.6 Å². The summed E-state index contributed by atoms with van der Waals surface area (Å²) in [6.07, 6.45) is 1.57. The molecule has 2 rings (SSSR count). The number of hydrogen-bond donors (Lipinski definition) is 1. The average molecular weight is 357 g/mol. The van der Waals surface area contributed by atoms with Crippen LogP contribution in [0.25, 0.3) is 0 Å². The summed E-state index contributed by atoms with van der Waals surface area (Å²) in [7, 11) is 1.44. The molecular formula is C13H17BrN4O3. The van der Waals surface area contributed by atoms with Gasteiger partial charge in [0.1, 0.15) is 10.5 Å². The molecule has 7 nitrogen and oxygen atoms in total. The molecule has 21 heavy (non-hydrogen) atoms. The van der Waals surface area contributed by atoms with E-state index in [0.717, 1.165) is 4.90 Å². The minimum atomic E-state index is -0.652. The van der Waals surface area contributed by atoms with E-state index in [1.807, 2.05) is 13.8 Å². The molecule has 1 aromatic rings. The van der Waals surface area contributed by atoms with E-state index >= 15 is 0 Å². The third-order valence-corrected chi connectivity index (χ3v) is 4.00. The number of nitrogens with zero attached hydrogens (tertiary/aromatic N) is 3. The van der Waals surface area contributed by atoms with Gasteiger partial charge in [-0.25, -0.2) is 4.68 Å². The van der Waals surface area contributed by atoms with E-state index in [0.29, 0.717) is 22.6 Å². The summed E-state index contributed by atoms with van der Waals surface area (Å²) in [4.78, 5) is 36.6. The van der Waals surface area contributed by atoms with Crippen LogP contribution in [0.1, 0.15) is 20.3 Å². The standard InChI is InChI=1S/C13H17BrN4O3/c1-7(2)6-18-13(21)11(14)9(5-15-18)16-8-4-10(19)17(3)12(8)20/h5,7-8,16H,4,6H2,1-3H3. The molecule has 1 aliphatic rings. The lowest BCUT2D eigenvalue weighted by atomic mass is 10.2. The monoisotopic (exact) mass is 356 g/mol. The fourth-order valence-electron chi connectivity index (χ4n) is 2.10. The summed E-state index contributed by atoms with van der Waals surface area (Å²) in [5, 5.41) is 6.99. The van der Waals surface area contributed by atoms with E-state index < -0.39 is 6.04 Å². The molecular weight excluding hydrogens is 340 g/mol. The van der Waals surface area contributed by atoms with Crippen LogP contribution in [0.5, 0.6) is 0 Å². The highest BCUT2D eigenvalue weighted by Crippen LogP contribution is 2.21. The molecule has 1 N–H and O–H groups in total. The Morgan fingerprint density at radius 1 is 1.43 bits per heavy atom. The number of rotatable bonds is 4. The molecule has 1 atom stereocenters. The molecule has 0 aromatic carbocycles. The number of carbonyl (C=O) groups excluding carboxylic acids is 2. The highest BCUT2D eigenvalue weighted by Gasteiger charge is 2.36. The molecule has 114 valence electrons. The van der Waals surface area contributed by atoms with Crippen molar-refractivity contribution in [2.75, 3.05) is 12.4 Å². The maximum Gasteiger partial charge on any atom is 0.283 e. The van der Waals surface area contributed by atoms with Gasteiger partial charge in [0, 0.05) is 13.6 Å². The Labute approximate surface area is 130 Å². The quantitative estimate of drug-likeness (QED) is 0.807. The lowest BCUT2D eigenvalue weighted by Crippen LogP contribution is -2.33. The molecule has 0 bridgehead atoms. The normalized spacial score (nSPS) is 18.7. The lowest BCUT2D eigenvalue weighted by Gasteiger charge is -2.14. The van der Waals surface area contributed by atoms with Crippen LogP contribution in [0.3, 0.4) is 0 Å². The number of halogens is 1. The zero-order valence-electron chi connectivity index (χ0n) is 12.1. The highest BCUT2D eigenvalue weighted by molar-refractivity contribution is 9.10. The van der Waals surface area contributed by atoms with Gasteiger partial charge in [0.15, 0.2) is 0 Å². The predicted octanol–water partition coefficient (Wildman–Crippen LogP) is 0.831. The van der Waals surface area contributed by atoms with Crippen molar-refractivity contribution in [2.45, 2.75) is 32.9 Å². The van der Waals surface area contributed by atoms with Gasteiger partial charge in [0.25, 0.3) is 11.5 Å². The Morgan fingerprint density at radius 3 is 2.62 bits per heavy atom. The van der Waals surface area contributed by atoms with Crippen LogP contribution in [0.2, 0.25) is 0 Å². The van der Waals surface area contributed by atoms with Gasteiger partial charge >= 0.3 is 0 Å². The molecule has 2 amide bonds. The van der Waals surface area contributed by atoms with E-state index in [2.05, 4.69) is 26.3 Å². The average Bonchev–Trinajstić information content (AvgIpc) is 2.65. The second-order valence-electron chi connectivity index (χ2n) is 5.45. The number of aromatic nitrogens is 2. The summed E-state index contributed by atoms with van der Waals surface area (Å²) in [6, 6.07) is -0.652. The predicted molar refractivity (Wildman–Crippen MR) is 80.8 cm³/mol. The van der Waals surface area contributed by atoms with E-state index in [-0.39, 0.29) is 23.8 Å². The van der Waals surface area contributed by atoms with Gasteiger partial charge in [-0.2, -0.15) is 5.10 Å². The van der Waals surface area contributed by atoms with Crippen molar-refractivity contribution in [3.63, 3.8) is 0 Å². The maximum absolute atomic E-state index is 12.2. The fourth-order valence-corrected chi connectivity index (χ4v) is 2.52. The summed E-state index contributed by atoms with van der Waals surface area (Å²) >= 11 is 3.23. The minimum absolute atomic E-state index is 0.0802. The third-order valence-electron chi connectivity index (χ3n) is 3.23. The van der Waals surface area contributed by atoms with Gasteiger partial charge in [-0.15, -0.1) is 0 Å². The fraction of sp³-hybridized carbons (Fsp3) is 0.538. The van der Waals surface area contributed by atoms with Crippen LogP contribution in [-0.2, 0) is 16.1 Å². The summed E-state index contributed by atoms with van der Waals surface area (Å²) < 4.78 is 1.68. The highest BCUT2D eigenvalue weighted by atomic mass is 79.9. The zero-order chi connectivity index (χ0) is 15.7. The number of nitrogens with one attached hydrogen (secondary N) is 1. The summed E-state index contributed by atoms with van der Waals surface area (Å²) in [6.45, 7) is 4.50. The number of anilines is 1. The number of hydrogen-bond acceptors (Lipinski definition) is 5. The minimum Gasteiger partial charge on any atom is -0.371 e. The van der Waals surface area contributed by atoms with Crippen molar-refractivity contribution in [2.24, 2.45) is 5.92 Å². The van der Waals surface area contributed by atoms with Gasteiger partial charge in [-0.05, 0) is 21.8 Å². The molecule has 0 spiro atoms. The van der Waals surface area contributed by atoms with Crippen molar-refractivity contribution in [1.29, 1.82) is 0 Å². The van der Waals surface area contributed by atoms with Crippen LogP contribution >= 0.6 is 15.9 Å². The maximum atomic E-state index is 12.2. The Bertz CT molecular complexity index is 641. The topological polar surface area (TPSA) is 84.3 Å². The first-order valence-corrected chi connectivity index (χ1v) is 7.43. The lowest BCUT2D eigenvalue weighted by molar-refractivity contribution is -0.136. The van der Waals surface area contributed by atoms with Crippen molar-refractivity contribution in [1.82, 2.24) is 14.7 Å². The number of imide groups is 1. The van der Waals surface area contributed by atoms with Gasteiger partial charge in [0.05, 0.1) is 18.3 Å². The number of carbonyl (C=O) groups is 2. The van der Waals surface area contributed by atoms with Gasteiger partial charge in [-0.3, -0.25) is 19.3 Å². The Hall–Kier alpha value is -1.70. The Balaban J connectivity index is 2.23. The molecule has 0 aliphatic carbocycles. The second-order valence-corrected chi connectivity index (χ2v) is 6.24. The van der Waals surface area contributed by atoms with E-state index in [9.17, 15) is 14.4 Å². The third kappa shape index (κ3) is 3.15. The molecule has 1 fully saturated rings. The van der Waals surface area contributed by atoms with Gasteiger partial charge < -0.3 is 5.32 Å². The first-order valence-electron chi connectivity index (χ1n) is 6.63. The summed E-state index contributed by atoms with van der Waals surface area (Å²) in [5.74, 6) is -0.253. The van der Waals surface area contributed by atoms with Crippen LogP contribution in [0, 0.1) is 5.92 Å². The number of likely N-dealkylation sites (N-methyl/N-ethyl adjacent to an activating group) is 1. The molecule has 1 saturated heterocycles. The van der Waals surface area contributed by atoms with Crippen LogP contribution in [0.15, 0.2) is 15.5 Å². The van der Waals surface area contributed by atoms with E-state index in [1.165, 1.54) is 17.9 Å². The van der Waals surface area contributed by atoms with Crippen molar-refractivity contribution >= 4 is 33.4 Å². The van der Waals surface area contributed by atoms with Crippen molar-refractivity contribution < 1.29 is 9.59 Å². The molecule has 1 unspecified atom stereocenters. The molecule has 2 heterocycles. The molecule has 8 heteroatoms. The van der Waals surface area contributed by atoms with Crippen LogP contribution in [0.4, 0.5) is 5.69 Å². The smallest absolute Gasteiger partial charge is 0.283 e. The summed E-state index contributed by atoms with van der Waals surface area (Å²) in [5.41, 5.74) is 0.153. The van der Waals surface area contributed by atoms with E-state index in [1.54, 1.807) is 0 Å². The first-order chi connectivity index (χ1) is 9.81. The number of likely N-dealkylation sites (tertiary alicyclic amines) is 1. The second kappa shape index (κ2) is 5.97. The van der Waals surface area contributed by atoms with Crippen molar-refractivity contribution in [3.05, 3.63) is 21.0 Å². The Morgan fingerprint density at radius 2 is 2.10 bits per heavy atom. The van der Waals surface area contributed by atoms with Gasteiger partial charge in [0.2, 0.25) is 5.91 Å². The molecule has 0 saturated carbocycles. The van der Waals surface area contributed by atoms with Crippen LogP contribution < -0.4 is 10.9 Å². The zero-order valence-corrected chi connectivity index (χ0v) is 13.7. The van der Waals surface area contributed by atoms with Crippen molar-refractivity contribution in [3.8, 4) is 0 Å². The molecule has 1 aliphatic heterocycles.